The lowest BCUT2D eigenvalue weighted by Crippen LogP contribution is -2.30. The van der Waals surface area contributed by atoms with Gasteiger partial charge in [0.05, 0.1) is 0 Å². The molecule has 148 valence electrons. The number of carbonyl (C=O) groups excluding carboxylic acids is 1. The lowest BCUT2D eigenvalue weighted by atomic mass is 9.90. The molecule has 1 aliphatic rings. The molecular formula is C20H27Cl2N3OS. The third-order valence-electron chi connectivity index (χ3n) is 4.57. The van der Waals surface area contributed by atoms with Crippen molar-refractivity contribution in [1.82, 2.24) is 0 Å². The number of carbonyl (C=O) groups is 1. The van der Waals surface area contributed by atoms with Gasteiger partial charge in [-0.3, -0.25) is 4.79 Å². The smallest absolute Gasteiger partial charge is 0.255 e. The van der Waals surface area contributed by atoms with Crippen molar-refractivity contribution in [1.29, 1.82) is 0 Å². The van der Waals surface area contributed by atoms with Crippen LogP contribution in [0.3, 0.4) is 0 Å². The molecule has 3 rings (SSSR count). The monoisotopic (exact) mass is 427 g/mol. The summed E-state index contributed by atoms with van der Waals surface area (Å²) >= 11 is 4.18. The fourth-order valence-electron chi connectivity index (χ4n) is 3.18. The number of nitrogens with one attached hydrogen (secondary N) is 2. The fraction of sp³-hybridized carbons (Fsp3) is 0.350. The molecule has 0 radical (unpaired) electrons. The van der Waals surface area contributed by atoms with Gasteiger partial charge in [-0.1, -0.05) is 18.2 Å². The van der Waals surface area contributed by atoms with E-state index in [1.54, 1.807) is 0 Å². The third-order valence-corrected chi connectivity index (χ3v) is 5.04. The first-order chi connectivity index (χ1) is 12.2. The molecular weight excluding hydrogens is 401 g/mol. The summed E-state index contributed by atoms with van der Waals surface area (Å²) in [6, 6.07) is 13.7. The summed E-state index contributed by atoms with van der Waals surface area (Å²) in [5, 5.41) is 6.34. The van der Waals surface area contributed by atoms with Crippen molar-refractivity contribution in [3.05, 3.63) is 59.2 Å². The van der Waals surface area contributed by atoms with Crippen LogP contribution >= 0.6 is 37.4 Å². The van der Waals surface area contributed by atoms with Gasteiger partial charge in [0.2, 0.25) is 0 Å². The molecule has 0 heterocycles. The largest absolute Gasteiger partial charge is 0.383 e. The van der Waals surface area contributed by atoms with Crippen molar-refractivity contribution in [3.63, 3.8) is 0 Å². The Labute approximate surface area is 178 Å². The summed E-state index contributed by atoms with van der Waals surface area (Å²) in [5.41, 5.74) is 11.0. The Morgan fingerprint density at radius 1 is 1.11 bits per heavy atom. The molecule has 4 N–H and O–H groups in total. The van der Waals surface area contributed by atoms with Crippen molar-refractivity contribution in [2.75, 3.05) is 22.9 Å². The number of nitrogens with two attached hydrogens (primary N) is 1. The molecule has 27 heavy (non-hydrogen) atoms. The lowest BCUT2D eigenvalue weighted by molar-refractivity contribution is 0.102. The van der Waals surface area contributed by atoms with Gasteiger partial charge in [0.1, 0.15) is 0 Å². The van der Waals surface area contributed by atoms with E-state index in [2.05, 4.69) is 29.3 Å². The van der Waals surface area contributed by atoms with E-state index in [4.69, 9.17) is 5.73 Å². The number of rotatable bonds is 6. The van der Waals surface area contributed by atoms with Gasteiger partial charge in [-0.05, 0) is 61.1 Å². The Balaban J connectivity index is 0.00000182. The molecule has 2 aromatic carbocycles. The minimum atomic E-state index is -0.0823. The summed E-state index contributed by atoms with van der Waals surface area (Å²) in [5.74, 6) is 0.535. The van der Waals surface area contributed by atoms with E-state index < -0.39 is 0 Å². The average molecular weight is 428 g/mol. The molecule has 0 aromatic heterocycles. The van der Waals surface area contributed by atoms with Crippen LogP contribution in [-0.2, 0) is 12.8 Å². The van der Waals surface area contributed by atoms with Crippen LogP contribution in [0.5, 0.6) is 0 Å². The predicted octanol–water partition coefficient (Wildman–Crippen LogP) is 4.33. The van der Waals surface area contributed by atoms with Crippen LogP contribution in [0.1, 0.15) is 34.3 Å². The van der Waals surface area contributed by atoms with Crippen LogP contribution in [0.4, 0.5) is 11.4 Å². The maximum Gasteiger partial charge on any atom is 0.255 e. The lowest BCUT2D eigenvalue weighted by Gasteiger charge is -2.19. The molecule has 1 atom stereocenters. The van der Waals surface area contributed by atoms with Crippen molar-refractivity contribution in [2.24, 2.45) is 5.73 Å². The van der Waals surface area contributed by atoms with Gasteiger partial charge < -0.3 is 16.4 Å². The van der Waals surface area contributed by atoms with Gasteiger partial charge >= 0.3 is 0 Å². The van der Waals surface area contributed by atoms with Crippen LogP contribution in [0.2, 0.25) is 0 Å². The van der Waals surface area contributed by atoms with Gasteiger partial charge in [-0.15, -0.1) is 24.8 Å². The second kappa shape index (κ2) is 11.4. The molecule has 2 aromatic rings. The number of hydrogen-bond acceptors (Lipinski definition) is 4. The molecule has 0 saturated carbocycles. The summed E-state index contributed by atoms with van der Waals surface area (Å²) in [7, 11) is 0. The molecule has 0 saturated heterocycles. The van der Waals surface area contributed by atoms with Crippen LogP contribution in [0.15, 0.2) is 42.5 Å². The summed E-state index contributed by atoms with van der Waals surface area (Å²) < 4.78 is 0. The highest BCUT2D eigenvalue weighted by Gasteiger charge is 2.15. The third kappa shape index (κ3) is 6.32. The number of thiol groups is 1. The van der Waals surface area contributed by atoms with Crippen molar-refractivity contribution in [2.45, 2.75) is 31.7 Å². The number of fused-ring (bicyclic) bond motifs is 1. The second-order valence-corrected chi connectivity index (χ2v) is 6.87. The zero-order valence-electron chi connectivity index (χ0n) is 15.1. The average Bonchev–Trinajstić information content (AvgIpc) is 2.66. The molecule has 1 amide bonds. The van der Waals surface area contributed by atoms with E-state index in [-0.39, 0.29) is 36.8 Å². The zero-order valence-corrected chi connectivity index (χ0v) is 17.6. The Morgan fingerprint density at radius 3 is 2.63 bits per heavy atom. The fourth-order valence-corrected chi connectivity index (χ4v) is 3.31. The quantitative estimate of drug-likeness (QED) is 0.518. The SMILES string of the molecule is Cl.Cl.N[C@@H](CS)CNc1cccc(C(=O)Nc2cccc3c2CCCC3)c1. The first kappa shape index (κ1) is 23.6. The minimum absolute atomic E-state index is 0. The highest BCUT2D eigenvalue weighted by molar-refractivity contribution is 7.80. The normalized spacial score (nSPS) is 13.4. The Kier molecular flexibility index (Phi) is 10.0. The molecule has 1 aliphatic carbocycles. The number of halogens is 2. The molecule has 0 fully saturated rings. The number of hydrogen-bond donors (Lipinski definition) is 4. The summed E-state index contributed by atoms with van der Waals surface area (Å²) in [6.07, 6.45) is 4.55. The number of aryl methyl sites for hydroxylation is 1. The minimum Gasteiger partial charge on any atom is -0.383 e. The van der Waals surface area contributed by atoms with Crippen LogP contribution < -0.4 is 16.4 Å². The van der Waals surface area contributed by atoms with Crippen LogP contribution in [-0.4, -0.2) is 24.2 Å². The predicted molar refractivity (Wildman–Crippen MR) is 122 cm³/mol. The topological polar surface area (TPSA) is 67.1 Å². The highest BCUT2D eigenvalue weighted by atomic mass is 35.5. The molecule has 0 aliphatic heterocycles. The number of amides is 1. The molecule has 0 spiro atoms. The van der Waals surface area contributed by atoms with Gasteiger partial charge in [0.25, 0.3) is 5.91 Å². The van der Waals surface area contributed by atoms with E-state index in [0.717, 1.165) is 24.2 Å². The summed E-state index contributed by atoms with van der Waals surface area (Å²) in [6.45, 7) is 0.626. The van der Waals surface area contributed by atoms with E-state index in [9.17, 15) is 4.79 Å². The molecule has 4 nitrogen and oxygen atoms in total. The molecule has 0 unspecified atom stereocenters. The first-order valence-corrected chi connectivity index (χ1v) is 9.43. The second-order valence-electron chi connectivity index (χ2n) is 6.51. The Hall–Kier alpha value is -1.40. The molecule has 7 heteroatoms. The summed E-state index contributed by atoms with van der Waals surface area (Å²) in [4.78, 5) is 12.7. The van der Waals surface area contributed by atoms with Crippen molar-refractivity contribution >= 4 is 54.7 Å². The standard InChI is InChI=1S/C20H25N3OS.2ClH/c21-16(13-25)12-22-17-8-3-7-15(11-17)20(24)23-19-10-4-6-14-5-1-2-9-18(14)19;;/h3-4,6-8,10-11,16,22,25H,1-2,5,9,12-13,21H2,(H,23,24);2*1H/t16-;;/m1../s1. The van der Waals surface area contributed by atoms with Gasteiger partial charge in [0.15, 0.2) is 0 Å². The maximum absolute atomic E-state index is 12.7. The number of benzene rings is 2. The Morgan fingerprint density at radius 2 is 1.85 bits per heavy atom. The van der Waals surface area contributed by atoms with E-state index in [0.29, 0.717) is 17.9 Å². The van der Waals surface area contributed by atoms with Crippen LogP contribution in [0, 0.1) is 0 Å². The maximum atomic E-state index is 12.7. The van der Waals surface area contributed by atoms with Crippen molar-refractivity contribution < 1.29 is 4.79 Å². The van der Waals surface area contributed by atoms with Crippen molar-refractivity contribution in [3.8, 4) is 0 Å². The van der Waals surface area contributed by atoms with Crippen LogP contribution in [0.25, 0.3) is 0 Å². The van der Waals surface area contributed by atoms with Gasteiger partial charge in [-0.2, -0.15) is 12.6 Å². The van der Waals surface area contributed by atoms with Gasteiger partial charge in [0, 0.05) is 35.3 Å². The number of anilines is 2. The van der Waals surface area contributed by atoms with Gasteiger partial charge in [-0.25, -0.2) is 0 Å². The van der Waals surface area contributed by atoms with E-state index in [1.165, 1.54) is 24.0 Å². The highest BCUT2D eigenvalue weighted by Crippen LogP contribution is 2.28. The van der Waals surface area contributed by atoms with E-state index in [1.807, 2.05) is 36.4 Å². The zero-order chi connectivity index (χ0) is 17.6. The Bertz CT molecular complexity index is 758. The first-order valence-electron chi connectivity index (χ1n) is 8.80. The molecule has 0 bridgehead atoms. The van der Waals surface area contributed by atoms with E-state index >= 15 is 0 Å².